The molecule has 1 aromatic rings. The van der Waals surface area contributed by atoms with Crippen LogP contribution in [0.5, 0.6) is 0 Å². The molecule has 0 aliphatic carbocycles. The molecule has 0 aromatic heterocycles. The number of nitrogens with one attached hydrogen (secondary N) is 2. The van der Waals surface area contributed by atoms with E-state index in [-0.39, 0.29) is 5.78 Å². The van der Waals surface area contributed by atoms with Gasteiger partial charge in [-0.3, -0.25) is 4.79 Å². The van der Waals surface area contributed by atoms with Crippen molar-refractivity contribution in [2.24, 2.45) is 0 Å². The number of carbonyl (C=O) groups is 1. The Hall–Kier alpha value is -1.35. The zero-order valence-corrected chi connectivity index (χ0v) is 9.72. The van der Waals surface area contributed by atoms with E-state index in [1.807, 2.05) is 45.2 Å². The van der Waals surface area contributed by atoms with Crippen LogP contribution in [0.2, 0.25) is 0 Å². The zero-order valence-electron chi connectivity index (χ0n) is 9.72. The number of likely N-dealkylation sites (N-methyl/N-ethyl adjacent to an activating group) is 1. The van der Waals surface area contributed by atoms with Crippen LogP contribution in [-0.2, 0) is 0 Å². The van der Waals surface area contributed by atoms with Crippen LogP contribution in [0.1, 0.15) is 24.2 Å². The molecule has 0 atom stereocenters. The Morgan fingerprint density at radius 3 is 2.07 bits per heavy atom. The molecule has 0 amide bonds. The summed E-state index contributed by atoms with van der Waals surface area (Å²) in [6.07, 6.45) is 0. The minimum atomic E-state index is -0.513. The van der Waals surface area contributed by atoms with Crippen LogP contribution in [0.25, 0.3) is 0 Å². The molecule has 0 aliphatic rings. The number of benzene rings is 1. The summed E-state index contributed by atoms with van der Waals surface area (Å²) in [6, 6.07) is 7.48. The predicted molar refractivity (Wildman–Crippen MR) is 63.5 cm³/mol. The summed E-state index contributed by atoms with van der Waals surface area (Å²) in [6.45, 7) is 3.75. The van der Waals surface area contributed by atoms with Gasteiger partial charge >= 0.3 is 0 Å². The van der Waals surface area contributed by atoms with Gasteiger partial charge in [0.15, 0.2) is 5.78 Å². The monoisotopic (exact) mass is 206 g/mol. The van der Waals surface area contributed by atoms with E-state index in [4.69, 9.17) is 0 Å². The number of anilines is 1. The van der Waals surface area contributed by atoms with Gasteiger partial charge in [0.05, 0.1) is 5.54 Å². The van der Waals surface area contributed by atoms with Crippen molar-refractivity contribution in [3.8, 4) is 0 Å². The van der Waals surface area contributed by atoms with E-state index in [1.165, 1.54) is 0 Å². The molecule has 82 valence electrons. The van der Waals surface area contributed by atoms with Crippen molar-refractivity contribution in [3.05, 3.63) is 29.8 Å². The molecule has 0 spiro atoms. The number of hydrogen-bond donors (Lipinski definition) is 2. The van der Waals surface area contributed by atoms with Crippen molar-refractivity contribution >= 4 is 11.5 Å². The predicted octanol–water partition coefficient (Wildman–Crippen LogP) is 1.91. The van der Waals surface area contributed by atoms with Crippen LogP contribution < -0.4 is 10.6 Å². The van der Waals surface area contributed by atoms with Crippen molar-refractivity contribution in [1.82, 2.24) is 5.32 Å². The van der Waals surface area contributed by atoms with E-state index < -0.39 is 5.54 Å². The van der Waals surface area contributed by atoms with E-state index >= 15 is 0 Å². The van der Waals surface area contributed by atoms with E-state index in [2.05, 4.69) is 10.6 Å². The van der Waals surface area contributed by atoms with Gasteiger partial charge < -0.3 is 10.6 Å². The first kappa shape index (κ1) is 11.7. The molecule has 0 unspecified atom stereocenters. The smallest absolute Gasteiger partial charge is 0.182 e. The minimum Gasteiger partial charge on any atom is -0.388 e. The van der Waals surface area contributed by atoms with Gasteiger partial charge in [0.1, 0.15) is 0 Å². The van der Waals surface area contributed by atoms with Crippen LogP contribution in [0.4, 0.5) is 5.69 Å². The second-order valence-electron chi connectivity index (χ2n) is 4.03. The number of rotatable bonds is 4. The van der Waals surface area contributed by atoms with Gasteiger partial charge in [-0.25, -0.2) is 0 Å². The SMILES string of the molecule is CNc1ccc(C(=O)C(C)(C)NC)cc1. The molecule has 3 nitrogen and oxygen atoms in total. The summed E-state index contributed by atoms with van der Waals surface area (Å²) in [5.74, 6) is 0.104. The van der Waals surface area contributed by atoms with Crippen LogP contribution in [0.3, 0.4) is 0 Å². The Labute approximate surface area is 90.9 Å². The standard InChI is InChI=1S/C12H18N2O/c1-12(2,14-4)11(15)9-5-7-10(13-3)8-6-9/h5-8,13-14H,1-4H3. The summed E-state index contributed by atoms with van der Waals surface area (Å²) in [5.41, 5.74) is 1.23. The molecule has 0 fully saturated rings. The molecule has 3 heteroatoms. The Morgan fingerprint density at radius 2 is 1.67 bits per heavy atom. The highest BCUT2D eigenvalue weighted by molar-refractivity contribution is 6.02. The molecule has 2 N–H and O–H groups in total. The van der Waals surface area contributed by atoms with Gasteiger partial charge in [-0.1, -0.05) is 0 Å². The van der Waals surface area contributed by atoms with E-state index in [1.54, 1.807) is 7.05 Å². The maximum Gasteiger partial charge on any atom is 0.182 e. The van der Waals surface area contributed by atoms with E-state index in [0.717, 1.165) is 11.3 Å². The van der Waals surface area contributed by atoms with Gasteiger partial charge in [0.2, 0.25) is 0 Å². The van der Waals surface area contributed by atoms with Crippen molar-refractivity contribution < 1.29 is 4.79 Å². The van der Waals surface area contributed by atoms with Gasteiger partial charge in [-0.2, -0.15) is 0 Å². The quantitative estimate of drug-likeness (QED) is 0.739. The molecular formula is C12H18N2O. The van der Waals surface area contributed by atoms with E-state index in [0.29, 0.717) is 0 Å². The summed E-state index contributed by atoms with van der Waals surface area (Å²) in [5, 5.41) is 6.02. The fourth-order valence-corrected chi connectivity index (χ4v) is 1.26. The molecule has 0 saturated heterocycles. The average Bonchev–Trinajstić information content (AvgIpc) is 2.28. The number of carbonyl (C=O) groups excluding carboxylic acids is 1. The summed E-state index contributed by atoms with van der Waals surface area (Å²) in [4.78, 5) is 12.0. The summed E-state index contributed by atoms with van der Waals surface area (Å²) >= 11 is 0. The van der Waals surface area contributed by atoms with Crippen molar-refractivity contribution in [2.45, 2.75) is 19.4 Å². The largest absolute Gasteiger partial charge is 0.388 e. The van der Waals surface area contributed by atoms with Gasteiger partial charge in [0, 0.05) is 18.3 Å². The lowest BCUT2D eigenvalue weighted by atomic mass is 9.93. The number of Topliss-reactive ketones (excluding diaryl/α,β-unsaturated/α-hetero) is 1. The topological polar surface area (TPSA) is 41.1 Å². The Balaban J connectivity index is 2.92. The molecule has 0 saturated carbocycles. The molecule has 0 aliphatic heterocycles. The first-order valence-electron chi connectivity index (χ1n) is 5.03. The highest BCUT2D eigenvalue weighted by Crippen LogP contribution is 2.15. The summed E-state index contributed by atoms with van der Waals surface area (Å²) in [7, 11) is 3.65. The Kier molecular flexibility index (Phi) is 3.48. The van der Waals surface area contributed by atoms with Crippen LogP contribution in [0.15, 0.2) is 24.3 Å². The lowest BCUT2D eigenvalue weighted by Crippen LogP contribution is -2.44. The highest BCUT2D eigenvalue weighted by Gasteiger charge is 2.26. The van der Waals surface area contributed by atoms with Gasteiger partial charge in [0.25, 0.3) is 0 Å². The summed E-state index contributed by atoms with van der Waals surface area (Å²) < 4.78 is 0. The van der Waals surface area contributed by atoms with Gasteiger partial charge in [-0.05, 0) is 45.2 Å². The first-order chi connectivity index (χ1) is 7.01. The highest BCUT2D eigenvalue weighted by atomic mass is 16.1. The molecule has 0 heterocycles. The Bertz CT molecular complexity index is 341. The second kappa shape index (κ2) is 4.45. The van der Waals surface area contributed by atoms with Crippen molar-refractivity contribution in [3.63, 3.8) is 0 Å². The maximum absolute atomic E-state index is 12.0. The molecule has 1 rings (SSSR count). The third-order valence-corrected chi connectivity index (χ3v) is 2.63. The third kappa shape index (κ3) is 2.57. The lowest BCUT2D eigenvalue weighted by molar-refractivity contribution is 0.0889. The first-order valence-corrected chi connectivity index (χ1v) is 5.03. The Morgan fingerprint density at radius 1 is 1.13 bits per heavy atom. The van der Waals surface area contributed by atoms with Crippen molar-refractivity contribution in [2.75, 3.05) is 19.4 Å². The fraction of sp³-hybridized carbons (Fsp3) is 0.417. The molecule has 1 aromatic carbocycles. The molecule has 0 radical (unpaired) electrons. The number of ketones is 1. The van der Waals surface area contributed by atoms with Crippen LogP contribution in [0, 0.1) is 0 Å². The lowest BCUT2D eigenvalue weighted by Gasteiger charge is -2.22. The molecule has 15 heavy (non-hydrogen) atoms. The molecule has 0 bridgehead atoms. The van der Waals surface area contributed by atoms with Gasteiger partial charge in [-0.15, -0.1) is 0 Å². The maximum atomic E-state index is 12.0. The van der Waals surface area contributed by atoms with Crippen LogP contribution >= 0.6 is 0 Å². The number of hydrogen-bond acceptors (Lipinski definition) is 3. The van der Waals surface area contributed by atoms with Crippen LogP contribution in [-0.4, -0.2) is 25.4 Å². The minimum absolute atomic E-state index is 0.104. The van der Waals surface area contributed by atoms with E-state index in [9.17, 15) is 4.79 Å². The third-order valence-electron chi connectivity index (χ3n) is 2.63. The second-order valence-corrected chi connectivity index (χ2v) is 4.03. The van der Waals surface area contributed by atoms with Crippen molar-refractivity contribution in [1.29, 1.82) is 0 Å². The molecular weight excluding hydrogens is 188 g/mol. The normalized spacial score (nSPS) is 11.2. The zero-order chi connectivity index (χ0) is 11.5. The fourth-order valence-electron chi connectivity index (χ4n) is 1.26. The average molecular weight is 206 g/mol.